The van der Waals surface area contributed by atoms with Crippen LogP contribution in [0.2, 0.25) is 0 Å². The minimum Gasteiger partial charge on any atom is -0.378 e. The summed E-state index contributed by atoms with van der Waals surface area (Å²) in [4.78, 5) is 18.7. The minimum absolute atomic E-state index is 0.0838. The number of hydrogen-bond donors (Lipinski definition) is 0. The van der Waals surface area contributed by atoms with E-state index in [1.807, 2.05) is 0 Å². The molecule has 1 saturated carbocycles. The molecule has 3 fully saturated rings. The summed E-state index contributed by atoms with van der Waals surface area (Å²) in [7, 11) is 0. The van der Waals surface area contributed by atoms with E-state index in [0.29, 0.717) is 12.0 Å². The molecule has 0 aromatic carbocycles. The fourth-order valence-electron chi connectivity index (χ4n) is 4.72. The SMILES string of the molecule is [C-]#[N+]C1C[C@]2(C)CN(C3COC3)CC[C@H]2C(C)(C)C1=O. The standard InChI is InChI=1S/C16H24N2O2/c1-15(2)13-5-6-18(11-8-20-9-11)10-16(13,3)7-12(17-4)14(15)19/h11-13H,5-10H2,1-3H3/t12?,13-,16+/m0/s1. The fraction of sp³-hybridized carbons (Fsp3) is 0.875. The van der Waals surface area contributed by atoms with Crippen LogP contribution in [0, 0.1) is 23.3 Å². The number of likely N-dealkylation sites (tertiary alicyclic amines) is 1. The zero-order valence-electron chi connectivity index (χ0n) is 12.7. The lowest BCUT2D eigenvalue weighted by atomic mass is 9.52. The highest BCUT2D eigenvalue weighted by molar-refractivity contribution is 5.91. The summed E-state index contributed by atoms with van der Waals surface area (Å²) in [5.41, 5.74) is -0.273. The predicted octanol–water partition coefficient (Wildman–Crippen LogP) is 2.00. The first-order chi connectivity index (χ1) is 9.38. The maximum Gasteiger partial charge on any atom is 0.282 e. The number of ether oxygens (including phenoxy) is 1. The van der Waals surface area contributed by atoms with Crippen LogP contribution in [0.15, 0.2) is 0 Å². The van der Waals surface area contributed by atoms with Crippen LogP contribution in [-0.4, -0.2) is 49.1 Å². The molecule has 2 aliphatic heterocycles. The lowest BCUT2D eigenvalue weighted by molar-refractivity contribution is -0.154. The Morgan fingerprint density at radius 2 is 2.05 bits per heavy atom. The van der Waals surface area contributed by atoms with Gasteiger partial charge in [0.25, 0.3) is 6.04 Å². The average Bonchev–Trinajstić information content (AvgIpc) is 2.31. The Kier molecular flexibility index (Phi) is 3.19. The smallest absolute Gasteiger partial charge is 0.282 e. The molecule has 3 atom stereocenters. The molecule has 0 aromatic heterocycles. The molecule has 1 aliphatic carbocycles. The highest BCUT2D eigenvalue weighted by Crippen LogP contribution is 2.54. The summed E-state index contributed by atoms with van der Waals surface area (Å²) >= 11 is 0. The van der Waals surface area contributed by atoms with Gasteiger partial charge in [0.1, 0.15) is 0 Å². The first-order valence-electron chi connectivity index (χ1n) is 7.61. The van der Waals surface area contributed by atoms with E-state index in [9.17, 15) is 4.79 Å². The van der Waals surface area contributed by atoms with Crippen LogP contribution in [-0.2, 0) is 9.53 Å². The number of Topliss-reactive ketones (excluding diaryl/α,β-unsaturated/α-hetero) is 1. The quantitative estimate of drug-likeness (QED) is 0.687. The normalized spacial score (nSPS) is 41.6. The molecule has 0 spiro atoms. The van der Waals surface area contributed by atoms with E-state index in [1.54, 1.807) is 0 Å². The molecular weight excluding hydrogens is 252 g/mol. The van der Waals surface area contributed by atoms with Crippen molar-refractivity contribution in [2.75, 3.05) is 26.3 Å². The molecule has 0 amide bonds. The van der Waals surface area contributed by atoms with Gasteiger partial charge in [-0.25, -0.2) is 6.57 Å². The van der Waals surface area contributed by atoms with Gasteiger partial charge in [-0.1, -0.05) is 20.8 Å². The van der Waals surface area contributed by atoms with Crippen LogP contribution in [0.25, 0.3) is 4.85 Å². The number of rotatable bonds is 1. The van der Waals surface area contributed by atoms with Crippen molar-refractivity contribution in [2.45, 2.75) is 45.7 Å². The van der Waals surface area contributed by atoms with Gasteiger partial charge in [-0.15, -0.1) is 0 Å². The Morgan fingerprint density at radius 3 is 2.60 bits per heavy atom. The molecule has 20 heavy (non-hydrogen) atoms. The van der Waals surface area contributed by atoms with Gasteiger partial charge >= 0.3 is 0 Å². The second kappa shape index (κ2) is 4.54. The van der Waals surface area contributed by atoms with Gasteiger partial charge < -0.3 is 9.58 Å². The molecule has 0 aromatic rings. The molecule has 4 nitrogen and oxygen atoms in total. The van der Waals surface area contributed by atoms with Crippen molar-refractivity contribution in [3.8, 4) is 0 Å². The Bertz CT molecular complexity index is 464. The van der Waals surface area contributed by atoms with Gasteiger partial charge in [0.2, 0.25) is 5.78 Å². The number of carbonyl (C=O) groups is 1. The van der Waals surface area contributed by atoms with Crippen molar-refractivity contribution >= 4 is 5.78 Å². The molecular formula is C16H24N2O2. The van der Waals surface area contributed by atoms with E-state index in [-0.39, 0.29) is 16.6 Å². The van der Waals surface area contributed by atoms with Gasteiger partial charge in [0.15, 0.2) is 0 Å². The Morgan fingerprint density at radius 1 is 1.35 bits per heavy atom. The van der Waals surface area contributed by atoms with Crippen molar-refractivity contribution in [1.82, 2.24) is 4.90 Å². The van der Waals surface area contributed by atoms with Gasteiger partial charge in [0.05, 0.1) is 19.3 Å². The fourth-order valence-corrected chi connectivity index (χ4v) is 4.72. The minimum atomic E-state index is -0.441. The molecule has 1 unspecified atom stereocenters. The molecule has 3 rings (SSSR count). The first kappa shape index (κ1) is 14.0. The zero-order chi connectivity index (χ0) is 14.5. The number of piperidine rings is 1. The average molecular weight is 276 g/mol. The third-order valence-corrected chi connectivity index (χ3v) is 5.87. The monoisotopic (exact) mass is 276 g/mol. The van der Waals surface area contributed by atoms with E-state index in [1.165, 1.54) is 0 Å². The molecule has 0 bridgehead atoms. The highest BCUT2D eigenvalue weighted by atomic mass is 16.5. The maximum atomic E-state index is 12.5. The van der Waals surface area contributed by atoms with E-state index >= 15 is 0 Å². The number of carbonyl (C=O) groups excluding carboxylic acids is 1. The molecule has 3 aliphatic rings. The zero-order valence-corrected chi connectivity index (χ0v) is 12.7. The van der Waals surface area contributed by atoms with Crippen molar-refractivity contribution in [1.29, 1.82) is 0 Å². The Hall–Kier alpha value is -0.920. The molecule has 2 heterocycles. The third-order valence-electron chi connectivity index (χ3n) is 5.87. The summed E-state index contributed by atoms with van der Waals surface area (Å²) < 4.78 is 5.31. The van der Waals surface area contributed by atoms with Crippen LogP contribution in [0.4, 0.5) is 0 Å². The Labute approximate surface area is 121 Å². The van der Waals surface area contributed by atoms with E-state index in [0.717, 1.165) is 39.1 Å². The van der Waals surface area contributed by atoms with Crippen molar-refractivity contribution in [3.05, 3.63) is 11.4 Å². The summed E-state index contributed by atoms with van der Waals surface area (Å²) in [6.07, 6.45) is 1.80. The van der Waals surface area contributed by atoms with Gasteiger partial charge in [-0.3, -0.25) is 9.69 Å². The maximum absolute atomic E-state index is 12.5. The van der Waals surface area contributed by atoms with Crippen LogP contribution in [0.5, 0.6) is 0 Å². The second-order valence-corrected chi connectivity index (χ2v) is 7.59. The van der Waals surface area contributed by atoms with Crippen molar-refractivity contribution < 1.29 is 9.53 Å². The lowest BCUT2D eigenvalue weighted by Crippen LogP contribution is -2.63. The number of fused-ring (bicyclic) bond motifs is 1. The predicted molar refractivity (Wildman–Crippen MR) is 76.2 cm³/mol. The molecule has 110 valence electrons. The van der Waals surface area contributed by atoms with Crippen LogP contribution in [0.3, 0.4) is 0 Å². The molecule has 0 N–H and O–H groups in total. The highest BCUT2D eigenvalue weighted by Gasteiger charge is 2.59. The summed E-state index contributed by atoms with van der Waals surface area (Å²) in [6, 6.07) is 0.115. The van der Waals surface area contributed by atoms with Crippen molar-refractivity contribution in [3.63, 3.8) is 0 Å². The summed E-state index contributed by atoms with van der Waals surface area (Å²) in [5, 5.41) is 0. The molecule has 0 radical (unpaired) electrons. The lowest BCUT2D eigenvalue weighted by Gasteiger charge is -2.56. The topological polar surface area (TPSA) is 33.9 Å². The van der Waals surface area contributed by atoms with E-state index < -0.39 is 6.04 Å². The third kappa shape index (κ3) is 1.91. The van der Waals surface area contributed by atoms with Gasteiger partial charge in [-0.2, -0.15) is 0 Å². The number of ketones is 1. The largest absolute Gasteiger partial charge is 0.378 e. The summed E-state index contributed by atoms with van der Waals surface area (Å²) in [6.45, 7) is 17.5. The van der Waals surface area contributed by atoms with Gasteiger partial charge in [0, 0.05) is 18.4 Å². The first-order valence-corrected chi connectivity index (χ1v) is 7.61. The van der Waals surface area contributed by atoms with Crippen molar-refractivity contribution in [2.24, 2.45) is 16.7 Å². The van der Waals surface area contributed by atoms with Crippen LogP contribution < -0.4 is 0 Å². The van der Waals surface area contributed by atoms with E-state index in [2.05, 4.69) is 30.5 Å². The second-order valence-electron chi connectivity index (χ2n) is 7.59. The molecule has 4 heteroatoms. The number of nitrogens with zero attached hydrogens (tertiary/aromatic N) is 2. The molecule has 2 saturated heterocycles. The number of hydrogen-bond acceptors (Lipinski definition) is 3. The van der Waals surface area contributed by atoms with Gasteiger partial charge in [-0.05, 0) is 24.3 Å². The van der Waals surface area contributed by atoms with Crippen LogP contribution >= 0.6 is 0 Å². The summed E-state index contributed by atoms with van der Waals surface area (Å²) in [5.74, 6) is 0.563. The Balaban J connectivity index is 1.86. The van der Waals surface area contributed by atoms with Crippen LogP contribution in [0.1, 0.15) is 33.6 Å². The van der Waals surface area contributed by atoms with E-state index in [4.69, 9.17) is 11.3 Å².